The summed E-state index contributed by atoms with van der Waals surface area (Å²) in [5.74, 6) is 0. The number of hydrogen-bond donors (Lipinski definition) is 1. The number of nitrogens with zero attached hydrogens (tertiary/aromatic N) is 1. The lowest BCUT2D eigenvalue weighted by molar-refractivity contribution is 0.868. The van der Waals surface area contributed by atoms with Gasteiger partial charge < -0.3 is 0 Å². The average Bonchev–Trinajstić information content (AvgIpc) is 2.21. The molecule has 5 heteroatoms. The second kappa shape index (κ2) is 4.22. The van der Waals surface area contributed by atoms with Crippen LogP contribution in [-0.2, 0) is 0 Å². The Hall–Kier alpha value is -1.81. The first-order valence-electron chi connectivity index (χ1n) is 5.08. The number of hydrogen-bond acceptors (Lipinski definition) is 2. The minimum Gasteiger partial charge on any atom is -0.297 e. The molecule has 1 aromatic heterocycles. The van der Waals surface area contributed by atoms with Crippen molar-refractivity contribution in [1.82, 2.24) is 9.55 Å². The van der Waals surface area contributed by atoms with Gasteiger partial charge in [0.1, 0.15) is 5.15 Å². The van der Waals surface area contributed by atoms with Gasteiger partial charge >= 0.3 is 5.69 Å². The Morgan fingerprint density at radius 3 is 2.53 bits per heavy atom. The van der Waals surface area contributed by atoms with Crippen LogP contribution in [0.2, 0.25) is 5.15 Å². The standard InChI is InChI=1S/C12H11ClN2O2/c1-7-3-4-8(2)9(5-7)15-11(16)6-10(13)14-12(15)17/h3-6H,1-2H3,(H,14,17). The highest BCUT2D eigenvalue weighted by Crippen LogP contribution is 2.12. The van der Waals surface area contributed by atoms with E-state index in [0.717, 1.165) is 15.7 Å². The molecule has 88 valence electrons. The van der Waals surface area contributed by atoms with Crippen molar-refractivity contribution in [2.45, 2.75) is 13.8 Å². The van der Waals surface area contributed by atoms with Crippen molar-refractivity contribution in [2.75, 3.05) is 0 Å². The van der Waals surface area contributed by atoms with Crippen molar-refractivity contribution >= 4 is 11.6 Å². The van der Waals surface area contributed by atoms with Crippen LogP contribution in [0.1, 0.15) is 11.1 Å². The normalized spacial score (nSPS) is 10.5. The molecular weight excluding hydrogens is 240 g/mol. The van der Waals surface area contributed by atoms with Gasteiger partial charge in [0.05, 0.1) is 5.69 Å². The number of aromatic nitrogens is 2. The van der Waals surface area contributed by atoms with Gasteiger partial charge in [0.25, 0.3) is 5.56 Å². The van der Waals surface area contributed by atoms with E-state index < -0.39 is 11.2 Å². The predicted molar refractivity (Wildman–Crippen MR) is 67.1 cm³/mol. The summed E-state index contributed by atoms with van der Waals surface area (Å²) in [6.45, 7) is 3.74. The van der Waals surface area contributed by atoms with Crippen LogP contribution in [0.4, 0.5) is 0 Å². The maximum atomic E-state index is 11.8. The van der Waals surface area contributed by atoms with Crippen molar-refractivity contribution in [1.29, 1.82) is 0 Å². The molecule has 0 aliphatic carbocycles. The summed E-state index contributed by atoms with van der Waals surface area (Å²) in [5, 5.41) is 0.0431. The summed E-state index contributed by atoms with van der Waals surface area (Å²) in [5.41, 5.74) is 1.44. The van der Waals surface area contributed by atoms with E-state index in [1.807, 2.05) is 26.0 Å². The lowest BCUT2D eigenvalue weighted by Crippen LogP contribution is -2.33. The van der Waals surface area contributed by atoms with E-state index in [-0.39, 0.29) is 5.15 Å². The number of nitrogens with one attached hydrogen (secondary N) is 1. The molecule has 1 heterocycles. The summed E-state index contributed by atoms with van der Waals surface area (Å²) in [6, 6.07) is 6.77. The number of aromatic amines is 1. The predicted octanol–water partition coefficient (Wildman–Crippen LogP) is 1.80. The summed E-state index contributed by atoms with van der Waals surface area (Å²) < 4.78 is 1.08. The van der Waals surface area contributed by atoms with E-state index >= 15 is 0 Å². The highest BCUT2D eigenvalue weighted by Gasteiger charge is 2.08. The molecule has 1 aromatic carbocycles. The van der Waals surface area contributed by atoms with Gasteiger partial charge in [-0.25, -0.2) is 9.36 Å². The third-order valence-electron chi connectivity index (χ3n) is 2.51. The van der Waals surface area contributed by atoms with Gasteiger partial charge in [-0.3, -0.25) is 9.78 Å². The number of benzene rings is 1. The summed E-state index contributed by atoms with van der Waals surface area (Å²) in [7, 11) is 0. The molecule has 0 amide bonds. The topological polar surface area (TPSA) is 54.9 Å². The van der Waals surface area contributed by atoms with Gasteiger partial charge in [0.15, 0.2) is 0 Å². The van der Waals surface area contributed by atoms with Gasteiger partial charge in [-0.15, -0.1) is 0 Å². The quantitative estimate of drug-likeness (QED) is 0.785. The molecule has 17 heavy (non-hydrogen) atoms. The van der Waals surface area contributed by atoms with Crippen LogP contribution in [-0.4, -0.2) is 9.55 Å². The van der Waals surface area contributed by atoms with Gasteiger partial charge in [-0.1, -0.05) is 23.7 Å². The van der Waals surface area contributed by atoms with Crippen molar-refractivity contribution < 1.29 is 0 Å². The van der Waals surface area contributed by atoms with Crippen LogP contribution in [0, 0.1) is 13.8 Å². The molecule has 0 saturated carbocycles. The Bertz CT molecular complexity index is 654. The van der Waals surface area contributed by atoms with Gasteiger partial charge in [-0.05, 0) is 31.0 Å². The molecule has 0 fully saturated rings. The molecule has 0 unspecified atom stereocenters. The molecule has 2 rings (SSSR count). The van der Waals surface area contributed by atoms with E-state index in [2.05, 4.69) is 4.98 Å². The van der Waals surface area contributed by atoms with Crippen molar-refractivity contribution in [3.63, 3.8) is 0 Å². The Balaban J connectivity index is 2.82. The van der Waals surface area contributed by atoms with Gasteiger partial charge in [0, 0.05) is 6.07 Å². The zero-order valence-electron chi connectivity index (χ0n) is 9.45. The molecule has 0 spiro atoms. The molecule has 0 saturated heterocycles. The molecule has 0 bridgehead atoms. The fourth-order valence-corrected chi connectivity index (χ4v) is 1.83. The fraction of sp³-hybridized carbons (Fsp3) is 0.167. The zero-order valence-corrected chi connectivity index (χ0v) is 10.2. The third-order valence-corrected chi connectivity index (χ3v) is 2.71. The van der Waals surface area contributed by atoms with Crippen LogP contribution >= 0.6 is 11.6 Å². The molecule has 0 aliphatic heterocycles. The smallest absolute Gasteiger partial charge is 0.297 e. The maximum absolute atomic E-state index is 11.8. The van der Waals surface area contributed by atoms with E-state index in [1.54, 1.807) is 6.07 Å². The molecule has 0 atom stereocenters. The maximum Gasteiger partial charge on any atom is 0.334 e. The van der Waals surface area contributed by atoms with Crippen molar-refractivity contribution in [3.05, 3.63) is 61.4 Å². The van der Waals surface area contributed by atoms with Crippen molar-refractivity contribution in [3.8, 4) is 5.69 Å². The summed E-state index contributed by atoms with van der Waals surface area (Å²) in [6.07, 6.45) is 0. The molecule has 2 aromatic rings. The highest BCUT2D eigenvalue weighted by molar-refractivity contribution is 6.29. The summed E-state index contributed by atoms with van der Waals surface area (Å²) in [4.78, 5) is 25.9. The number of H-pyrrole nitrogens is 1. The molecular formula is C12H11ClN2O2. The number of halogens is 1. The minimum atomic E-state index is -0.531. The Labute approximate surface area is 102 Å². The van der Waals surface area contributed by atoms with Gasteiger partial charge in [-0.2, -0.15) is 0 Å². The Morgan fingerprint density at radius 2 is 1.88 bits per heavy atom. The highest BCUT2D eigenvalue weighted by atomic mass is 35.5. The van der Waals surface area contributed by atoms with Crippen LogP contribution in [0.15, 0.2) is 33.9 Å². The molecule has 4 nitrogen and oxygen atoms in total. The van der Waals surface area contributed by atoms with E-state index in [0.29, 0.717) is 5.69 Å². The number of aryl methyl sites for hydroxylation is 2. The lowest BCUT2D eigenvalue weighted by atomic mass is 10.1. The largest absolute Gasteiger partial charge is 0.334 e. The van der Waals surface area contributed by atoms with Crippen molar-refractivity contribution in [2.24, 2.45) is 0 Å². The first-order chi connectivity index (χ1) is 7.99. The van der Waals surface area contributed by atoms with Crippen LogP contribution < -0.4 is 11.2 Å². The van der Waals surface area contributed by atoms with E-state index in [4.69, 9.17) is 11.6 Å². The van der Waals surface area contributed by atoms with E-state index in [1.165, 1.54) is 6.07 Å². The zero-order chi connectivity index (χ0) is 12.6. The minimum absolute atomic E-state index is 0.0431. The Kier molecular flexibility index (Phi) is 2.90. The molecule has 0 radical (unpaired) electrons. The second-order valence-electron chi connectivity index (χ2n) is 3.89. The van der Waals surface area contributed by atoms with E-state index in [9.17, 15) is 9.59 Å². The molecule has 1 N–H and O–H groups in total. The lowest BCUT2D eigenvalue weighted by Gasteiger charge is -2.08. The van der Waals surface area contributed by atoms with Crippen LogP contribution in [0.5, 0.6) is 0 Å². The number of rotatable bonds is 1. The average molecular weight is 251 g/mol. The van der Waals surface area contributed by atoms with Crippen LogP contribution in [0.3, 0.4) is 0 Å². The fourth-order valence-electron chi connectivity index (χ4n) is 1.66. The van der Waals surface area contributed by atoms with Gasteiger partial charge in [0.2, 0.25) is 0 Å². The third kappa shape index (κ3) is 2.17. The first-order valence-corrected chi connectivity index (χ1v) is 5.46. The molecule has 0 aliphatic rings. The summed E-state index contributed by atoms with van der Waals surface area (Å²) >= 11 is 5.61. The second-order valence-corrected chi connectivity index (χ2v) is 4.29. The Morgan fingerprint density at radius 1 is 1.18 bits per heavy atom. The van der Waals surface area contributed by atoms with Crippen LogP contribution in [0.25, 0.3) is 5.69 Å². The monoisotopic (exact) mass is 250 g/mol. The first kappa shape index (κ1) is 11.7. The SMILES string of the molecule is Cc1ccc(C)c(-n2c(=O)cc(Cl)[nH]c2=O)c1.